The van der Waals surface area contributed by atoms with E-state index in [1.54, 1.807) is 0 Å². The van der Waals surface area contributed by atoms with Crippen LogP contribution in [0.4, 0.5) is 0 Å². The molecule has 0 spiro atoms. The molecule has 0 fully saturated rings. The second kappa shape index (κ2) is 9.40. The number of furan rings is 1. The van der Waals surface area contributed by atoms with Gasteiger partial charge in [-0.1, -0.05) is 115 Å². The standard InChI is InChI=1S/C41H25NO/c1-2-9-31-30(8-1)32-10-3-4-12-34(32)36-21-19-28(24-37(36)35-13-6-5-11-33(31)35)26-15-17-27(18-16-26)29-20-22-39-38(25-29)41-40(43-39)14-7-23-42-41/h1-25H. The van der Waals surface area contributed by atoms with Gasteiger partial charge in [0.2, 0.25) is 0 Å². The number of pyridine rings is 1. The van der Waals surface area contributed by atoms with Crippen molar-refractivity contribution in [3.8, 4) is 66.8 Å². The van der Waals surface area contributed by atoms with Crippen molar-refractivity contribution in [1.82, 2.24) is 4.98 Å². The number of fused-ring (bicyclic) bond motifs is 11. The van der Waals surface area contributed by atoms with Gasteiger partial charge in [0.25, 0.3) is 0 Å². The number of benzene rings is 6. The highest BCUT2D eigenvalue weighted by atomic mass is 16.3. The first-order valence-electron chi connectivity index (χ1n) is 14.6. The van der Waals surface area contributed by atoms with Gasteiger partial charge in [0.1, 0.15) is 11.1 Å². The molecule has 43 heavy (non-hydrogen) atoms. The summed E-state index contributed by atoms with van der Waals surface area (Å²) in [6.07, 6.45) is 1.82. The average Bonchev–Trinajstić information content (AvgIpc) is 3.46. The smallest absolute Gasteiger partial charge is 0.153 e. The van der Waals surface area contributed by atoms with Gasteiger partial charge in [-0.2, -0.15) is 0 Å². The van der Waals surface area contributed by atoms with Crippen LogP contribution in [-0.4, -0.2) is 4.98 Å². The molecular formula is C41H25NO. The van der Waals surface area contributed by atoms with E-state index >= 15 is 0 Å². The molecule has 2 heteroatoms. The topological polar surface area (TPSA) is 26.0 Å². The van der Waals surface area contributed by atoms with Crippen LogP contribution in [-0.2, 0) is 0 Å². The molecular weight excluding hydrogens is 522 g/mol. The van der Waals surface area contributed by atoms with Crippen molar-refractivity contribution in [2.24, 2.45) is 0 Å². The third kappa shape index (κ3) is 3.77. The molecule has 6 aromatic carbocycles. The zero-order chi connectivity index (χ0) is 28.3. The lowest BCUT2D eigenvalue weighted by Gasteiger charge is -2.23. The summed E-state index contributed by atoms with van der Waals surface area (Å²) in [5, 5.41) is 1.04. The third-order valence-electron chi connectivity index (χ3n) is 8.74. The largest absolute Gasteiger partial charge is 0.454 e. The van der Waals surface area contributed by atoms with Gasteiger partial charge in [-0.3, -0.25) is 4.98 Å². The normalized spacial score (nSPS) is 11.7. The van der Waals surface area contributed by atoms with Crippen LogP contribution in [0, 0.1) is 0 Å². The molecule has 2 nitrogen and oxygen atoms in total. The van der Waals surface area contributed by atoms with Gasteiger partial charge in [0.05, 0.1) is 0 Å². The Hall–Kier alpha value is -5.73. The van der Waals surface area contributed by atoms with E-state index in [1.807, 2.05) is 24.4 Å². The van der Waals surface area contributed by atoms with Crippen molar-refractivity contribution in [2.75, 3.05) is 0 Å². The highest BCUT2D eigenvalue weighted by molar-refractivity contribution is 6.05. The maximum Gasteiger partial charge on any atom is 0.153 e. The van der Waals surface area contributed by atoms with E-state index in [0.29, 0.717) is 0 Å². The van der Waals surface area contributed by atoms with E-state index < -0.39 is 0 Å². The molecule has 200 valence electrons. The summed E-state index contributed by atoms with van der Waals surface area (Å²) in [6, 6.07) is 52.4. The van der Waals surface area contributed by atoms with Gasteiger partial charge in [0.15, 0.2) is 5.58 Å². The van der Waals surface area contributed by atoms with Crippen LogP contribution in [0.5, 0.6) is 0 Å². The zero-order valence-electron chi connectivity index (χ0n) is 23.3. The number of aromatic nitrogens is 1. The summed E-state index contributed by atoms with van der Waals surface area (Å²) in [4.78, 5) is 4.55. The fraction of sp³-hybridized carbons (Fsp3) is 0. The van der Waals surface area contributed by atoms with Gasteiger partial charge in [-0.05, 0) is 97.1 Å². The molecule has 9 rings (SSSR count). The number of hydrogen-bond donors (Lipinski definition) is 0. The molecule has 0 amide bonds. The molecule has 0 unspecified atom stereocenters. The summed E-state index contributed by atoms with van der Waals surface area (Å²) < 4.78 is 5.99. The first-order valence-corrected chi connectivity index (χ1v) is 14.6. The predicted octanol–water partition coefficient (Wildman–Crippen LogP) is 11.3. The van der Waals surface area contributed by atoms with Gasteiger partial charge in [-0.25, -0.2) is 0 Å². The van der Waals surface area contributed by atoms with Crippen LogP contribution in [0.25, 0.3) is 88.8 Å². The Morgan fingerprint density at radius 3 is 1.40 bits per heavy atom. The van der Waals surface area contributed by atoms with E-state index in [4.69, 9.17) is 4.42 Å². The number of nitrogens with zero attached hydrogens (tertiary/aromatic N) is 1. The second-order valence-electron chi connectivity index (χ2n) is 11.1. The highest BCUT2D eigenvalue weighted by Gasteiger charge is 2.21. The molecule has 0 aliphatic heterocycles. The monoisotopic (exact) mass is 547 g/mol. The highest BCUT2D eigenvalue weighted by Crippen LogP contribution is 2.48. The molecule has 1 aliphatic rings. The maximum atomic E-state index is 5.99. The lowest BCUT2D eigenvalue weighted by Crippen LogP contribution is -1.97. The molecule has 0 bridgehead atoms. The van der Waals surface area contributed by atoms with Crippen LogP contribution >= 0.6 is 0 Å². The predicted molar refractivity (Wildman–Crippen MR) is 178 cm³/mol. The molecule has 0 saturated carbocycles. The molecule has 2 heterocycles. The van der Waals surface area contributed by atoms with Gasteiger partial charge >= 0.3 is 0 Å². The van der Waals surface area contributed by atoms with Crippen molar-refractivity contribution in [3.63, 3.8) is 0 Å². The van der Waals surface area contributed by atoms with E-state index in [1.165, 1.54) is 55.6 Å². The number of rotatable bonds is 2. The van der Waals surface area contributed by atoms with Crippen molar-refractivity contribution in [1.29, 1.82) is 0 Å². The Labute approximate surface area is 249 Å². The quantitative estimate of drug-likeness (QED) is 0.215. The van der Waals surface area contributed by atoms with E-state index in [-0.39, 0.29) is 0 Å². The Morgan fingerprint density at radius 2 is 0.814 bits per heavy atom. The van der Waals surface area contributed by atoms with Gasteiger partial charge in [-0.15, -0.1) is 0 Å². The number of hydrogen-bond acceptors (Lipinski definition) is 2. The van der Waals surface area contributed by atoms with Gasteiger partial charge in [0, 0.05) is 11.6 Å². The summed E-state index contributed by atoms with van der Waals surface area (Å²) >= 11 is 0. The minimum atomic E-state index is 0.816. The zero-order valence-corrected chi connectivity index (χ0v) is 23.3. The van der Waals surface area contributed by atoms with Crippen LogP contribution < -0.4 is 0 Å². The van der Waals surface area contributed by atoms with Gasteiger partial charge < -0.3 is 4.42 Å². The summed E-state index contributed by atoms with van der Waals surface area (Å²) in [7, 11) is 0. The molecule has 0 radical (unpaired) electrons. The Morgan fingerprint density at radius 1 is 0.349 bits per heavy atom. The molecule has 0 N–H and O–H groups in total. The summed E-state index contributed by atoms with van der Waals surface area (Å²) in [5.41, 5.74) is 17.4. The van der Waals surface area contributed by atoms with Crippen molar-refractivity contribution in [3.05, 3.63) is 152 Å². The first-order chi connectivity index (χ1) is 21.3. The lowest BCUT2D eigenvalue weighted by atomic mass is 9.80. The molecule has 0 saturated heterocycles. The SMILES string of the molecule is c1ccc2c(c1)-c1ccccc1-c1ccc(-c3ccc(-c4ccc5oc6cccnc6c5c4)cc3)cc1-c1ccccc1-2. The van der Waals surface area contributed by atoms with E-state index in [0.717, 1.165) is 33.2 Å². The van der Waals surface area contributed by atoms with E-state index in [2.05, 4.69) is 132 Å². The summed E-state index contributed by atoms with van der Waals surface area (Å²) in [5.74, 6) is 0. The molecule has 8 aromatic rings. The van der Waals surface area contributed by atoms with Crippen LogP contribution in [0.2, 0.25) is 0 Å². The fourth-order valence-corrected chi connectivity index (χ4v) is 6.67. The fourth-order valence-electron chi connectivity index (χ4n) is 6.67. The lowest BCUT2D eigenvalue weighted by molar-refractivity contribution is 0.668. The van der Waals surface area contributed by atoms with Crippen molar-refractivity contribution < 1.29 is 4.42 Å². The average molecular weight is 548 g/mol. The molecule has 1 aliphatic carbocycles. The van der Waals surface area contributed by atoms with Crippen LogP contribution in [0.1, 0.15) is 0 Å². The third-order valence-corrected chi connectivity index (χ3v) is 8.74. The van der Waals surface area contributed by atoms with Crippen LogP contribution in [0.15, 0.2) is 156 Å². The second-order valence-corrected chi connectivity index (χ2v) is 11.1. The molecule has 0 atom stereocenters. The van der Waals surface area contributed by atoms with E-state index in [9.17, 15) is 0 Å². The minimum Gasteiger partial charge on any atom is -0.454 e. The Bertz CT molecular complexity index is 2340. The van der Waals surface area contributed by atoms with Crippen molar-refractivity contribution in [2.45, 2.75) is 0 Å². The Kier molecular flexibility index (Phi) is 5.23. The summed E-state index contributed by atoms with van der Waals surface area (Å²) in [6.45, 7) is 0. The van der Waals surface area contributed by atoms with Crippen molar-refractivity contribution >= 4 is 22.1 Å². The molecule has 2 aromatic heterocycles. The maximum absolute atomic E-state index is 5.99. The Balaban J connectivity index is 1.17. The first kappa shape index (κ1) is 23.9. The minimum absolute atomic E-state index is 0.816. The van der Waals surface area contributed by atoms with Crippen LogP contribution in [0.3, 0.4) is 0 Å².